The van der Waals surface area contributed by atoms with Gasteiger partial charge < -0.3 is 9.80 Å². The maximum Gasteiger partial charge on any atom is 0.227 e. The van der Waals surface area contributed by atoms with Crippen LogP contribution in [0, 0.1) is 0 Å². The molecular weight excluding hydrogens is 406 g/mol. The highest BCUT2D eigenvalue weighted by Gasteiger charge is 2.23. The van der Waals surface area contributed by atoms with Gasteiger partial charge in [0, 0.05) is 35.5 Å². The summed E-state index contributed by atoms with van der Waals surface area (Å²) in [4.78, 5) is 22.5. The first kappa shape index (κ1) is 16.1. The molecule has 0 atom stereocenters. The van der Waals surface area contributed by atoms with E-state index in [4.69, 9.17) is 4.98 Å². The van der Waals surface area contributed by atoms with Gasteiger partial charge in [-0.15, -0.1) is 11.3 Å². The van der Waals surface area contributed by atoms with Crippen LogP contribution in [0.3, 0.4) is 0 Å². The topological polar surface area (TPSA) is 36.4 Å². The molecule has 0 spiro atoms. The van der Waals surface area contributed by atoms with Gasteiger partial charge in [-0.1, -0.05) is 33.3 Å². The van der Waals surface area contributed by atoms with E-state index in [-0.39, 0.29) is 5.91 Å². The Balaban J connectivity index is 1.40. The summed E-state index contributed by atoms with van der Waals surface area (Å²) >= 11 is 6.87. The van der Waals surface area contributed by atoms with Crippen LogP contribution in [0.1, 0.15) is 4.88 Å². The number of anilines is 1. The molecule has 0 saturated carbocycles. The molecule has 1 aromatic carbocycles. The van der Waals surface area contributed by atoms with Crippen LogP contribution < -0.4 is 4.90 Å². The second-order valence-corrected chi connectivity index (χ2v) is 8.69. The third-order valence-corrected chi connectivity index (χ3v) is 6.60. The summed E-state index contributed by atoms with van der Waals surface area (Å²) in [7, 11) is 0. The van der Waals surface area contributed by atoms with E-state index in [0.29, 0.717) is 6.42 Å². The number of carbonyl (C=O) groups excluding carboxylic acids is 1. The van der Waals surface area contributed by atoms with Crippen LogP contribution in [0.5, 0.6) is 0 Å². The van der Waals surface area contributed by atoms with Crippen LogP contribution in [0.2, 0.25) is 0 Å². The summed E-state index contributed by atoms with van der Waals surface area (Å²) < 4.78 is 2.27. The highest BCUT2D eigenvalue weighted by molar-refractivity contribution is 9.10. The first-order valence-corrected chi connectivity index (χ1v) is 10.3. The number of fused-ring (bicyclic) bond motifs is 1. The summed E-state index contributed by atoms with van der Waals surface area (Å²) in [5.74, 6) is 0.227. The Labute approximate surface area is 156 Å². The number of amides is 1. The predicted molar refractivity (Wildman–Crippen MR) is 104 cm³/mol. The van der Waals surface area contributed by atoms with Crippen LogP contribution in [0.4, 0.5) is 5.13 Å². The molecule has 24 heavy (non-hydrogen) atoms. The average molecular weight is 422 g/mol. The van der Waals surface area contributed by atoms with E-state index >= 15 is 0 Å². The highest BCUT2D eigenvalue weighted by atomic mass is 79.9. The van der Waals surface area contributed by atoms with Gasteiger partial charge in [0.1, 0.15) is 0 Å². The smallest absolute Gasteiger partial charge is 0.227 e. The van der Waals surface area contributed by atoms with Crippen molar-refractivity contribution in [3.8, 4) is 0 Å². The molecule has 2 aromatic heterocycles. The van der Waals surface area contributed by atoms with Crippen LogP contribution in [0.15, 0.2) is 40.2 Å². The standard InChI is InChI=1S/C17H16BrN3OS2/c18-12-3-4-14-15(10-12)24-17(19-14)21-7-5-20(6-8-21)16(22)11-13-2-1-9-23-13/h1-4,9-10H,5-8,11H2. The van der Waals surface area contributed by atoms with Gasteiger partial charge in [0.15, 0.2) is 5.13 Å². The molecule has 0 aliphatic carbocycles. The van der Waals surface area contributed by atoms with Crippen LogP contribution in [0.25, 0.3) is 10.2 Å². The van der Waals surface area contributed by atoms with Crippen molar-refractivity contribution in [3.05, 3.63) is 45.1 Å². The molecule has 7 heteroatoms. The summed E-state index contributed by atoms with van der Waals surface area (Å²) in [5, 5.41) is 3.07. The van der Waals surface area contributed by atoms with Crippen molar-refractivity contribution in [2.24, 2.45) is 0 Å². The molecule has 3 aromatic rings. The average Bonchev–Trinajstić information content (AvgIpc) is 3.24. The van der Waals surface area contributed by atoms with Crippen molar-refractivity contribution in [1.82, 2.24) is 9.88 Å². The largest absolute Gasteiger partial charge is 0.345 e. The number of nitrogens with zero attached hydrogens (tertiary/aromatic N) is 3. The van der Waals surface area contributed by atoms with E-state index in [9.17, 15) is 4.79 Å². The molecular formula is C17H16BrN3OS2. The molecule has 0 unspecified atom stereocenters. The minimum Gasteiger partial charge on any atom is -0.345 e. The Kier molecular flexibility index (Phi) is 4.56. The number of hydrogen-bond donors (Lipinski definition) is 0. The number of thiazole rings is 1. The summed E-state index contributed by atoms with van der Waals surface area (Å²) in [6.07, 6.45) is 0.521. The van der Waals surface area contributed by atoms with Crippen molar-refractivity contribution in [1.29, 1.82) is 0 Å². The predicted octanol–water partition coefficient (Wildman–Crippen LogP) is 4.01. The van der Waals surface area contributed by atoms with Crippen molar-refractivity contribution in [3.63, 3.8) is 0 Å². The quantitative estimate of drug-likeness (QED) is 0.640. The zero-order valence-electron chi connectivity index (χ0n) is 12.9. The summed E-state index contributed by atoms with van der Waals surface area (Å²) in [5.41, 5.74) is 1.04. The number of carbonyl (C=O) groups is 1. The summed E-state index contributed by atoms with van der Waals surface area (Å²) in [6, 6.07) is 10.2. The van der Waals surface area contributed by atoms with Crippen LogP contribution >= 0.6 is 38.6 Å². The monoisotopic (exact) mass is 421 g/mol. The molecule has 1 amide bonds. The van der Waals surface area contributed by atoms with Gasteiger partial charge in [0.25, 0.3) is 0 Å². The van der Waals surface area contributed by atoms with Crippen molar-refractivity contribution < 1.29 is 4.79 Å². The Bertz CT molecular complexity index is 854. The van der Waals surface area contributed by atoms with Gasteiger partial charge in [0.2, 0.25) is 5.91 Å². The third-order valence-electron chi connectivity index (χ3n) is 4.15. The molecule has 0 N–H and O–H groups in total. The van der Waals surface area contributed by atoms with Crippen molar-refractivity contribution in [2.75, 3.05) is 31.1 Å². The maximum atomic E-state index is 12.4. The van der Waals surface area contributed by atoms with E-state index in [1.54, 1.807) is 22.7 Å². The fourth-order valence-electron chi connectivity index (χ4n) is 2.84. The molecule has 1 aliphatic rings. The minimum absolute atomic E-state index is 0.227. The van der Waals surface area contributed by atoms with Crippen molar-refractivity contribution >= 4 is 59.9 Å². The van der Waals surface area contributed by atoms with Gasteiger partial charge in [-0.05, 0) is 29.6 Å². The number of hydrogen-bond acceptors (Lipinski definition) is 5. The Morgan fingerprint density at radius 2 is 2.04 bits per heavy atom. The lowest BCUT2D eigenvalue weighted by Gasteiger charge is -2.34. The van der Waals surface area contributed by atoms with E-state index < -0.39 is 0 Å². The molecule has 1 fully saturated rings. The highest BCUT2D eigenvalue weighted by Crippen LogP contribution is 2.31. The summed E-state index contributed by atoms with van der Waals surface area (Å²) in [6.45, 7) is 3.22. The first-order chi connectivity index (χ1) is 11.7. The van der Waals surface area contributed by atoms with Crippen molar-refractivity contribution in [2.45, 2.75) is 6.42 Å². The number of rotatable bonds is 3. The first-order valence-electron chi connectivity index (χ1n) is 7.80. The molecule has 1 saturated heterocycles. The molecule has 0 radical (unpaired) electrons. The van der Waals surface area contributed by atoms with E-state index in [1.807, 2.05) is 34.5 Å². The second-order valence-electron chi connectivity index (χ2n) is 5.73. The third kappa shape index (κ3) is 3.34. The molecule has 124 valence electrons. The molecule has 0 bridgehead atoms. The second kappa shape index (κ2) is 6.82. The number of piperazine rings is 1. The van der Waals surface area contributed by atoms with E-state index in [2.05, 4.69) is 26.9 Å². The minimum atomic E-state index is 0.227. The zero-order valence-corrected chi connectivity index (χ0v) is 16.2. The van der Waals surface area contributed by atoms with Gasteiger partial charge in [-0.2, -0.15) is 0 Å². The molecule has 4 nitrogen and oxygen atoms in total. The lowest BCUT2D eigenvalue weighted by atomic mass is 10.2. The van der Waals surface area contributed by atoms with Crippen LogP contribution in [-0.2, 0) is 11.2 Å². The van der Waals surface area contributed by atoms with Gasteiger partial charge in [-0.25, -0.2) is 4.98 Å². The molecule has 3 heterocycles. The number of thiophene rings is 1. The van der Waals surface area contributed by atoms with Gasteiger partial charge >= 0.3 is 0 Å². The number of halogens is 1. The maximum absolute atomic E-state index is 12.4. The Morgan fingerprint density at radius 3 is 2.79 bits per heavy atom. The van der Waals surface area contributed by atoms with Gasteiger partial charge in [0.05, 0.1) is 16.6 Å². The lowest BCUT2D eigenvalue weighted by molar-refractivity contribution is -0.130. The number of aromatic nitrogens is 1. The van der Waals surface area contributed by atoms with E-state index in [0.717, 1.165) is 46.2 Å². The fraction of sp³-hybridized carbons (Fsp3) is 0.294. The van der Waals surface area contributed by atoms with E-state index in [1.165, 1.54) is 4.70 Å². The SMILES string of the molecule is O=C(Cc1cccs1)N1CCN(c2nc3ccc(Br)cc3s2)CC1. The van der Waals surface area contributed by atoms with Gasteiger partial charge in [-0.3, -0.25) is 4.79 Å². The zero-order chi connectivity index (χ0) is 16.5. The number of benzene rings is 1. The normalized spacial score (nSPS) is 15.2. The lowest BCUT2D eigenvalue weighted by Crippen LogP contribution is -2.49. The Morgan fingerprint density at radius 1 is 1.21 bits per heavy atom. The molecule has 1 aliphatic heterocycles. The Hall–Kier alpha value is -1.44. The van der Waals surface area contributed by atoms with Crippen LogP contribution in [-0.4, -0.2) is 42.0 Å². The molecule has 4 rings (SSSR count). The fourth-order valence-corrected chi connectivity index (χ4v) is 5.11.